The van der Waals surface area contributed by atoms with Crippen LogP contribution in [0.25, 0.3) is 0 Å². The summed E-state index contributed by atoms with van der Waals surface area (Å²) in [7, 11) is 0. The van der Waals surface area contributed by atoms with Gasteiger partial charge in [0.2, 0.25) is 5.95 Å². The number of anilines is 2. The van der Waals surface area contributed by atoms with E-state index in [4.69, 9.17) is 10.7 Å². The largest absolute Gasteiger partial charge is 0.355 e. The Morgan fingerprint density at radius 2 is 1.74 bits per heavy atom. The summed E-state index contributed by atoms with van der Waals surface area (Å²) in [6, 6.07) is 2.34. The van der Waals surface area contributed by atoms with E-state index in [1.54, 1.807) is 0 Å². The van der Waals surface area contributed by atoms with Gasteiger partial charge in [-0.3, -0.25) is 0 Å². The molecular weight excluding hydrogens is 333 g/mol. The molecule has 7 heteroatoms. The molecule has 3 heterocycles. The minimum Gasteiger partial charge on any atom is -0.355 e. The minimum absolute atomic E-state index is 0. The van der Waals surface area contributed by atoms with Crippen molar-refractivity contribution in [1.29, 1.82) is 0 Å². The van der Waals surface area contributed by atoms with Crippen molar-refractivity contribution in [2.24, 2.45) is 17.6 Å². The highest BCUT2D eigenvalue weighted by Crippen LogP contribution is 2.28. The Labute approximate surface area is 151 Å². The Balaban J connectivity index is 0.00000132. The Hall–Kier alpha value is -0.780. The Morgan fingerprint density at radius 1 is 1.09 bits per heavy atom. The molecule has 132 valence electrons. The van der Waals surface area contributed by atoms with Crippen LogP contribution in [0.5, 0.6) is 0 Å². The van der Waals surface area contributed by atoms with Crippen LogP contribution in [0.4, 0.5) is 11.8 Å². The maximum Gasteiger partial charge on any atom is 0.227 e. The fraction of sp³-hybridized carbons (Fsp3) is 0.750. The molecule has 2 aliphatic heterocycles. The Bertz CT molecular complexity index is 505. The second kappa shape index (κ2) is 8.36. The molecule has 0 aliphatic carbocycles. The third-order valence-corrected chi connectivity index (χ3v) is 4.81. The monoisotopic (exact) mass is 361 g/mol. The van der Waals surface area contributed by atoms with Crippen LogP contribution in [0, 0.1) is 18.8 Å². The maximum atomic E-state index is 6.31. The SMILES string of the molecule is Cc1cc(N2C[C@H](C(C)C)[C@@H](N)C2)nc(N2CCCC2)n1.Cl.Cl. The summed E-state index contributed by atoms with van der Waals surface area (Å²) in [5, 5.41) is 0. The third kappa shape index (κ3) is 4.40. The summed E-state index contributed by atoms with van der Waals surface area (Å²) in [5.41, 5.74) is 7.36. The molecule has 1 aromatic heterocycles. The summed E-state index contributed by atoms with van der Waals surface area (Å²) < 4.78 is 0. The smallest absolute Gasteiger partial charge is 0.227 e. The zero-order valence-corrected chi connectivity index (χ0v) is 15.9. The van der Waals surface area contributed by atoms with Crippen LogP contribution in [0.2, 0.25) is 0 Å². The summed E-state index contributed by atoms with van der Waals surface area (Å²) in [4.78, 5) is 14.1. The van der Waals surface area contributed by atoms with Crippen molar-refractivity contribution in [3.05, 3.63) is 11.8 Å². The van der Waals surface area contributed by atoms with E-state index in [0.717, 1.165) is 43.6 Å². The van der Waals surface area contributed by atoms with Gasteiger partial charge in [-0.1, -0.05) is 13.8 Å². The predicted octanol–water partition coefficient (Wildman–Crippen LogP) is 2.65. The lowest BCUT2D eigenvalue weighted by Crippen LogP contribution is -2.32. The first-order valence-corrected chi connectivity index (χ1v) is 8.16. The van der Waals surface area contributed by atoms with Gasteiger partial charge in [0.25, 0.3) is 0 Å². The number of nitrogens with zero attached hydrogens (tertiary/aromatic N) is 4. The van der Waals surface area contributed by atoms with Gasteiger partial charge in [0.1, 0.15) is 5.82 Å². The van der Waals surface area contributed by atoms with E-state index in [9.17, 15) is 0 Å². The van der Waals surface area contributed by atoms with E-state index in [2.05, 4.69) is 41.6 Å². The average Bonchev–Trinajstić information content (AvgIpc) is 3.06. The van der Waals surface area contributed by atoms with Gasteiger partial charge in [-0.15, -0.1) is 24.8 Å². The molecule has 0 saturated carbocycles. The average molecular weight is 362 g/mol. The van der Waals surface area contributed by atoms with Gasteiger partial charge in [0, 0.05) is 44.0 Å². The summed E-state index contributed by atoms with van der Waals surface area (Å²) >= 11 is 0. The van der Waals surface area contributed by atoms with E-state index in [1.807, 2.05) is 0 Å². The van der Waals surface area contributed by atoms with Gasteiger partial charge < -0.3 is 15.5 Å². The first-order chi connectivity index (χ1) is 10.0. The predicted molar refractivity (Wildman–Crippen MR) is 101 cm³/mol. The van der Waals surface area contributed by atoms with E-state index in [1.165, 1.54) is 12.8 Å². The quantitative estimate of drug-likeness (QED) is 0.896. The molecule has 1 aromatic rings. The van der Waals surface area contributed by atoms with Crippen LogP contribution < -0.4 is 15.5 Å². The number of nitrogens with two attached hydrogens (primary N) is 1. The van der Waals surface area contributed by atoms with Crippen molar-refractivity contribution in [1.82, 2.24) is 9.97 Å². The minimum atomic E-state index is 0. The molecule has 2 aliphatic rings. The van der Waals surface area contributed by atoms with Gasteiger partial charge in [0.05, 0.1) is 0 Å². The van der Waals surface area contributed by atoms with Gasteiger partial charge in [-0.2, -0.15) is 4.98 Å². The number of halogens is 2. The number of aryl methyl sites for hydroxylation is 1. The second-order valence-electron chi connectivity index (χ2n) is 6.84. The molecule has 3 rings (SSSR count). The summed E-state index contributed by atoms with van der Waals surface area (Å²) in [5.74, 6) is 3.11. The first-order valence-electron chi connectivity index (χ1n) is 8.16. The zero-order valence-electron chi connectivity index (χ0n) is 14.2. The summed E-state index contributed by atoms with van der Waals surface area (Å²) in [6.45, 7) is 10.6. The van der Waals surface area contributed by atoms with Crippen molar-refractivity contribution in [2.45, 2.75) is 39.7 Å². The van der Waals surface area contributed by atoms with Crippen molar-refractivity contribution in [3.63, 3.8) is 0 Å². The molecule has 0 spiro atoms. The fourth-order valence-corrected chi connectivity index (χ4v) is 3.50. The lowest BCUT2D eigenvalue weighted by atomic mass is 9.92. The van der Waals surface area contributed by atoms with Crippen LogP contribution in [0.3, 0.4) is 0 Å². The van der Waals surface area contributed by atoms with Gasteiger partial charge in [0.15, 0.2) is 0 Å². The van der Waals surface area contributed by atoms with Crippen molar-refractivity contribution in [2.75, 3.05) is 36.0 Å². The molecule has 2 N–H and O–H groups in total. The molecule has 0 amide bonds. The molecular formula is C16H29Cl2N5. The molecule has 2 fully saturated rings. The molecule has 0 radical (unpaired) electrons. The van der Waals surface area contributed by atoms with Gasteiger partial charge in [-0.05, 0) is 31.6 Å². The molecule has 23 heavy (non-hydrogen) atoms. The Morgan fingerprint density at radius 3 is 2.30 bits per heavy atom. The van der Waals surface area contributed by atoms with E-state index >= 15 is 0 Å². The first kappa shape index (κ1) is 20.3. The normalized spacial score (nSPS) is 23.9. The second-order valence-corrected chi connectivity index (χ2v) is 6.84. The number of rotatable bonds is 3. The van der Waals surface area contributed by atoms with Crippen molar-refractivity contribution in [3.8, 4) is 0 Å². The fourth-order valence-electron chi connectivity index (χ4n) is 3.50. The van der Waals surface area contributed by atoms with E-state index in [-0.39, 0.29) is 30.9 Å². The van der Waals surface area contributed by atoms with Gasteiger partial charge >= 0.3 is 0 Å². The Kier molecular flexibility index (Phi) is 7.36. The number of hydrogen-bond acceptors (Lipinski definition) is 5. The summed E-state index contributed by atoms with van der Waals surface area (Å²) in [6.07, 6.45) is 2.49. The van der Waals surface area contributed by atoms with Crippen LogP contribution in [0.15, 0.2) is 6.07 Å². The van der Waals surface area contributed by atoms with Crippen LogP contribution in [-0.2, 0) is 0 Å². The third-order valence-electron chi connectivity index (χ3n) is 4.81. The topological polar surface area (TPSA) is 58.3 Å². The standard InChI is InChI=1S/C16H27N5.2ClH/c1-11(2)13-9-21(10-14(13)17)15-8-12(3)18-16(19-15)20-6-4-5-7-20;;/h8,11,13-14H,4-7,9-10,17H2,1-3H3;2*1H/t13-,14+;;/m1../s1. The lowest BCUT2D eigenvalue weighted by molar-refractivity contribution is 0.382. The van der Waals surface area contributed by atoms with Crippen LogP contribution in [-0.4, -0.2) is 42.2 Å². The highest BCUT2D eigenvalue weighted by molar-refractivity contribution is 5.85. The molecule has 0 unspecified atom stereocenters. The highest BCUT2D eigenvalue weighted by atomic mass is 35.5. The van der Waals surface area contributed by atoms with Crippen molar-refractivity contribution < 1.29 is 0 Å². The molecule has 0 bridgehead atoms. The van der Waals surface area contributed by atoms with Crippen LogP contribution in [0.1, 0.15) is 32.4 Å². The van der Waals surface area contributed by atoms with Gasteiger partial charge in [-0.25, -0.2) is 4.98 Å². The maximum absolute atomic E-state index is 6.31. The van der Waals surface area contributed by atoms with E-state index < -0.39 is 0 Å². The molecule has 2 atom stereocenters. The van der Waals surface area contributed by atoms with Crippen LogP contribution >= 0.6 is 24.8 Å². The molecule has 0 aromatic carbocycles. The zero-order chi connectivity index (χ0) is 15.0. The molecule has 2 saturated heterocycles. The highest BCUT2D eigenvalue weighted by Gasteiger charge is 2.33. The molecule has 5 nitrogen and oxygen atoms in total. The number of aromatic nitrogens is 2. The number of hydrogen-bond donors (Lipinski definition) is 1. The van der Waals surface area contributed by atoms with E-state index in [0.29, 0.717) is 11.8 Å². The lowest BCUT2D eigenvalue weighted by Gasteiger charge is -2.22. The van der Waals surface area contributed by atoms with Crippen molar-refractivity contribution >= 4 is 36.6 Å².